The predicted octanol–water partition coefficient (Wildman–Crippen LogP) is 3.40. The van der Waals surface area contributed by atoms with Gasteiger partial charge in [0.15, 0.2) is 0 Å². The van der Waals surface area contributed by atoms with Gasteiger partial charge in [0.1, 0.15) is 11.4 Å². The lowest BCUT2D eigenvalue weighted by Crippen LogP contribution is -2.46. The summed E-state index contributed by atoms with van der Waals surface area (Å²) in [4.78, 5) is 12.0. The van der Waals surface area contributed by atoms with Crippen LogP contribution >= 0.6 is 15.9 Å². The van der Waals surface area contributed by atoms with E-state index >= 15 is 0 Å². The van der Waals surface area contributed by atoms with Gasteiger partial charge in [-0.2, -0.15) is 5.26 Å². The van der Waals surface area contributed by atoms with Crippen LogP contribution in [0.25, 0.3) is 0 Å². The van der Waals surface area contributed by atoms with E-state index in [0.717, 1.165) is 0 Å². The molecule has 18 heavy (non-hydrogen) atoms. The Morgan fingerprint density at radius 3 is 2.56 bits per heavy atom. The van der Waals surface area contributed by atoms with Gasteiger partial charge in [0, 0.05) is 4.47 Å². The number of nitrogens with zero attached hydrogens (tertiary/aromatic N) is 1. The Morgan fingerprint density at radius 1 is 1.50 bits per heavy atom. The highest BCUT2D eigenvalue weighted by Crippen LogP contribution is 2.18. The minimum Gasteiger partial charge on any atom is -0.334 e. The molecule has 0 saturated heterocycles. The van der Waals surface area contributed by atoms with Gasteiger partial charge < -0.3 is 5.32 Å². The van der Waals surface area contributed by atoms with E-state index in [1.807, 2.05) is 13.8 Å². The molecule has 0 aromatic heterocycles. The van der Waals surface area contributed by atoms with Gasteiger partial charge in [-0.25, -0.2) is 4.39 Å². The zero-order valence-electron chi connectivity index (χ0n) is 10.3. The first-order chi connectivity index (χ1) is 8.48. The summed E-state index contributed by atoms with van der Waals surface area (Å²) in [5.74, 6) is -1.17. The molecule has 1 rings (SSSR count). The average molecular weight is 313 g/mol. The molecule has 0 atom stereocenters. The number of nitrogens with one attached hydrogen (secondary N) is 1. The lowest BCUT2D eigenvalue weighted by Gasteiger charge is -2.25. The minimum absolute atomic E-state index is 0.0558. The number of benzene rings is 1. The molecule has 0 unspecified atom stereocenters. The summed E-state index contributed by atoms with van der Waals surface area (Å²) in [5, 5.41) is 11.7. The fourth-order valence-electron chi connectivity index (χ4n) is 1.57. The van der Waals surface area contributed by atoms with E-state index in [1.54, 1.807) is 6.07 Å². The van der Waals surface area contributed by atoms with Crippen molar-refractivity contribution in [2.45, 2.75) is 32.2 Å². The molecule has 0 fully saturated rings. The molecule has 0 aliphatic carbocycles. The highest BCUT2D eigenvalue weighted by atomic mass is 79.9. The molecule has 0 aliphatic rings. The van der Waals surface area contributed by atoms with Gasteiger partial charge in [-0.1, -0.05) is 29.8 Å². The molecule has 1 N–H and O–H groups in total. The lowest BCUT2D eigenvalue weighted by atomic mass is 9.94. The fourth-order valence-corrected chi connectivity index (χ4v) is 1.90. The van der Waals surface area contributed by atoms with Crippen molar-refractivity contribution in [2.75, 3.05) is 0 Å². The Bertz CT molecular complexity index is 492. The summed E-state index contributed by atoms with van der Waals surface area (Å²) in [7, 11) is 0. The number of carbonyl (C=O) groups excluding carboxylic acids is 1. The molecule has 0 aliphatic heterocycles. The van der Waals surface area contributed by atoms with E-state index in [4.69, 9.17) is 5.26 Å². The smallest absolute Gasteiger partial charge is 0.255 e. The van der Waals surface area contributed by atoms with Crippen LogP contribution in [0.15, 0.2) is 22.7 Å². The van der Waals surface area contributed by atoms with Crippen LogP contribution in [0.4, 0.5) is 4.39 Å². The normalized spacial score (nSPS) is 10.8. The SMILES string of the molecule is CCC(C#N)(CC)NC(=O)c1ccc(Br)cc1F. The summed E-state index contributed by atoms with van der Waals surface area (Å²) in [6.07, 6.45) is 0.952. The maximum atomic E-state index is 13.6. The van der Waals surface area contributed by atoms with Crippen LogP contribution < -0.4 is 5.32 Å². The van der Waals surface area contributed by atoms with Gasteiger partial charge in [-0.05, 0) is 31.0 Å². The van der Waals surface area contributed by atoms with Crippen LogP contribution in [0.1, 0.15) is 37.0 Å². The minimum atomic E-state index is -0.934. The molecule has 1 aromatic carbocycles. The zero-order chi connectivity index (χ0) is 13.8. The number of hydrogen-bond acceptors (Lipinski definition) is 2. The van der Waals surface area contributed by atoms with Crippen molar-refractivity contribution in [1.82, 2.24) is 5.32 Å². The van der Waals surface area contributed by atoms with Crippen LogP contribution in [-0.4, -0.2) is 11.4 Å². The van der Waals surface area contributed by atoms with Crippen molar-refractivity contribution in [3.63, 3.8) is 0 Å². The first kappa shape index (κ1) is 14.7. The summed E-state index contributed by atoms with van der Waals surface area (Å²) in [6.45, 7) is 3.62. The van der Waals surface area contributed by atoms with Gasteiger partial charge in [-0.3, -0.25) is 4.79 Å². The third kappa shape index (κ3) is 3.08. The number of rotatable bonds is 4. The first-order valence-electron chi connectivity index (χ1n) is 5.67. The predicted molar refractivity (Wildman–Crippen MR) is 70.5 cm³/mol. The Kier molecular flexibility index (Phi) is 4.85. The molecule has 5 heteroatoms. The molecular weight excluding hydrogens is 299 g/mol. The van der Waals surface area contributed by atoms with Crippen molar-refractivity contribution in [1.29, 1.82) is 5.26 Å². The van der Waals surface area contributed by atoms with Crippen LogP contribution in [0.3, 0.4) is 0 Å². The van der Waals surface area contributed by atoms with Crippen molar-refractivity contribution in [2.24, 2.45) is 0 Å². The van der Waals surface area contributed by atoms with Crippen molar-refractivity contribution < 1.29 is 9.18 Å². The number of hydrogen-bond donors (Lipinski definition) is 1. The number of amides is 1. The first-order valence-corrected chi connectivity index (χ1v) is 6.46. The molecule has 0 bridgehead atoms. The maximum Gasteiger partial charge on any atom is 0.255 e. The third-order valence-corrected chi connectivity index (χ3v) is 3.44. The quantitative estimate of drug-likeness (QED) is 0.926. The van der Waals surface area contributed by atoms with E-state index < -0.39 is 17.3 Å². The summed E-state index contributed by atoms with van der Waals surface area (Å²) >= 11 is 3.12. The number of halogens is 2. The molecule has 96 valence electrons. The number of carbonyl (C=O) groups is 1. The van der Waals surface area contributed by atoms with Crippen LogP contribution in [0, 0.1) is 17.1 Å². The van der Waals surface area contributed by atoms with E-state index in [9.17, 15) is 9.18 Å². The Labute approximate surface area is 114 Å². The van der Waals surface area contributed by atoms with Crippen LogP contribution in [0.5, 0.6) is 0 Å². The summed E-state index contributed by atoms with van der Waals surface area (Å²) in [6, 6.07) is 6.28. The molecule has 0 heterocycles. The Morgan fingerprint density at radius 2 is 2.11 bits per heavy atom. The average Bonchev–Trinajstić information content (AvgIpc) is 2.36. The monoisotopic (exact) mass is 312 g/mol. The van der Waals surface area contributed by atoms with Crippen molar-refractivity contribution in [3.8, 4) is 6.07 Å². The zero-order valence-corrected chi connectivity index (χ0v) is 11.8. The van der Waals surface area contributed by atoms with Gasteiger partial charge in [0.25, 0.3) is 5.91 Å². The van der Waals surface area contributed by atoms with Gasteiger partial charge in [-0.15, -0.1) is 0 Å². The highest BCUT2D eigenvalue weighted by molar-refractivity contribution is 9.10. The fraction of sp³-hybridized carbons (Fsp3) is 0.385. The largest absolute Gasteiger partial charge is 0.334 e. The molecule has 0 spiro atoms. The van der Waals surface area contributed by atoms with E-state index in [-0.39, 0.29) is 5.56 Å². The topological polar surface area (TPSA) is 52.9 Å². The second-order valence-electron chi connectivity index (χ2n) is 3.98. The molecule has 0 radical (unpaired) electrons. The van der Waals surface area contributed by atoms with Gasteiger partial charge in [0.2, 0.25) is 0 Å². The Hall–Kier alpha value is -1.41. The molecule has 3 nitrogen and oxygen atoms in total. The maximum absolute atomic E-state index is 13.6. The molecule has 1 amide bonds. The molecular formula is C13H14BrFN2O. The second-order valence-corrected chi connectivity index (χ2v) is 4.89. The summed E-state index contributed by atoms with van der Waals surface area (Å²) in [5.41, 5.74) is -0.990. The van der Waals surface area contributed by atoms with Crippen LogP contribution in [-0.2, 0) is 0 Å². The highest BCUT2D eigenvalue weighted by Gasteiger charge is 2.29. The van der Waals surface area contributed by atoms with Crippen molar-refractivity contribution >= 4 is 21.8 Å². The van der Waals surface area contributed by atoms with E-state index in [1.165, 1.54) is 12.1 Å². The van der Waals surface area contributed by atoms with Gasteiger partial charge in [0.05, 0.1) is 11.6 Å². The Balaban J connectivity index is 2.99. The van der Waals surface area contributed by atoms with E-state index in [2.05, 4.69) is 27.3 Å². The number of nitriles is 1. The van der Waals surface area contributed by atoms with Gasteiger partial charge >= 0.3 is 0 Å². The third-order valence-electron chi connectivity index (χ3n) is 2.95. The molecule has 1 aromatic rings. The van der Waals surface area contributed by atoms with E-state index in [0.29, 0.717) is 17.3 Å². The standard InChI is InChI=1S/C13H14BrFN2O/c1-3-13(4-2,8-16)17-12(18)10-6-5-9(14)7-11(10)15/h5-7H,3-4H2,1-2H3,(H,17,18). The van der Waals surface area contributed by atoms with Crippen LogP contribution in [0.2, 0.25) is 0 Å². The van der Waals surface area contributed by atoms with Crippen molar-refractivity contribution in [3.05, 3.63) is 34.1 Å². The lowest BCUT2D eigenvalue weighted by molar-refractivity contribution is 0.0911. The second kappa shape index (κ2) is 5.96. The summed E-state index contributed by atoms with van der Waals surface area (Å²) < 4.78 is 14.2. The molecule has 0 saturated carbocycles.